The zero-order chi connectivity index (χ0) is 14.8. The van der Waals surface area contributed by atoms with Crippen LogP contribution in [0.2, 0.25) is 0 Å². The van der Waals surface area contributed by atoms with E-state index in [1.165, 1.54) is 24.1 Å². The van der Waals surface area contributed by atoms with Gasteiger partial charge in [-0.25, -0.2) is 0 Å². The lowest BCUT2D eigenvalue weighted by atomic mass is 9.77. The lowest BCUT2D eigenvalue weighted by Gasteiger charge is -2.46. The molecule has 2 nitrogen and oxygen atoms in total. The number of nitrogens with zero attached hydrogens (tertiary/aromatic N) is 1. The molecule has 0 amide bonds. The number of hydrogen-bond acceptors (Lipinski definition) is 3. The van der Waals surface area contributed by atoms with Crippen LogP contribution in [0.1, 0.15) is 45.4 Å². The lowest BCUT2D eigenvalue weighted by molar-refractivity contribution is 0.0522. The van der Waals surface area contributed by atoms with Crippen molar-refractivity contribution in [2.24, 2.45) is 5.92 Å². The summed E-state index contributed by atoms with van der Waals surface area (Å²) in [5, 5.41) is 5.85. The van der Waals surface area contributed by atoms with Gasteiger partial charge in [-0.2, -0.15) is 0 Å². The van der Waals surface area contributed by atoms with Crippen molar-refractivity contribution in [3.8, 4) is 0 Å². The highest BCUT2D eigenvalue weighted by molar-refractivity contribution is 7.09. The Morgan fingerprint density at radius 1 is 1.40 bits per heavy atom. The maximum absolute atomic E-state index is 3.67. The molecule has 1 fully saturated rings. The molecule has 1 aromatic heterocycles. The third-order valence-corrected chi connectivity index (χ3v) is 5.47. The van der Waals surface area contributed by atoms with E-state index in [-0.39, 0.29) is 5.54 Å². The van der Waals surface area contributed by atoms with E-state index < -0.39 is 0 Å². The summed E-state index contributed by atoms with van der Waals surface area (Å²) in [7, 11) is 2.31. The predicted octanol–water partition coefficient (Wildman–Crippen LogP) is 3.78. The van der Waals surface area contributed by atoms with E-state index in [9.17, 15) is 0 Å². The Kier molecular flexibility index (Phi) is 5.27. The molecule has 0 aromatic carbocycles. The van der Waals surface area contributed by atoms with Gasteiger partial charge >= 0.3 is 0 Å². The average Bonchev–Trinajstić information content (AvgIpc) is 2.78. The molecule has 3 unspecified atom stereocenters. The molecule has 1 aromatic rings. The Bertz CT molecular complexity index is 394. The maximum Gasteiger partial charge on any atom is 0.0136 e. The standard InChI is InChI=1S/C17H30N2S/c1-13(11-15-7-6-10-20-15)19(5)16-9-8-14(16)12-18-17(2,3)4/h6-7,10,13-14,16,18H,8-9,11-12H2,1-5H3. The molecule has 0 saturated heterocycles. The van der Waals surface area contributed by atoms with E-state index in [0.717, 1.165) is 18.5 Å². The molecule has 0 bridgehead atoms. The summed E-state index contributed by atoms with van der Waals surface area (Å²) < 4.78 is 0. The quantitative estimate of drug-likeness (QED) is 0.859. The highest BCUT2D eigenvalue weighted by atomic mass is 32.1. The Labute approximate surface area is 128 Å². The van der Waals surface area contributed by atoms with Gasteiger partial charge in [0.1, 0.15) is 0 Å². The van der Waals surface area contributed by atoms with Crippen molar-refractivity contribution < 1.29 is 0 Å². The number of rotatable bonds is 6. The highest BCUT2D eigenvalue weighted by Gasteiger charge is 2.35. The minimum Gasteiger partial charge on any atom is -0.312 e. The zero-order valence-corrected chi connectivity index (χ0v) is 14.5. The number of likely N-dealkylation sites (N-methyl/N-ethyl adjacent to an activating group) is 1. The Morgan fingerprint density at radius 3 is 2.65 bits per heavy atom. The Morgan fingerprint density at radius 2 is 2.15 bits per heavy atom. The second kappa shape index (κ2) is 6.59. The average molecular weight is 295 g/mol. The van der Waals surface area contributed by atoms with Crippen LogP contribution < -0.4 is 5.32 Å². The summed E-state index contributed by atoms with van der Waals surface area (Å²) in [5.41, 5.74) is 0.237. The minimum atomic E-state index is 0.237. The topological polar surface area (TPSA) is 15.3 Å². The van der Waals surface area contributed by atoms with Crippen molar-refractivity contribution in [1.82, 2.24) is 10.2 Å². The van der Waals surface area contributed by atoms with Gasteiger partial charge in [-0.3, -0.25) is 0 Å². The molecule has 3 atom stereocenters. The molecule has 1 N–H and O–H groups in total. The van der Waals surface area contributed by atoms with E-state index in [2.05, 4.69) is 62.5 Å². The van der Waals surface area contributed by atoms with Crippen LogP contribution in [-0.2, 0) is 6.42 Å². The molecule has 1 heterocycles. The molecule has 0 spiro atoms. The summed E-state index contributed by atoms with van der Waals surface area (Å²) in [6.45, 7) is 10.3. The molecule has 0 aliphatic heterocycles. The van der Waals surface area contributed by atoms with Gasteiger partial charge in [0.15, 0.2) is 0 Å². The van der Waals surface area contributed by atoms with Crippen molar-refractivity contribution in [2.75, 3.05) is 13.6 Å². The smallest absolute Gasteiger partial charge is 0.0136 e. The van der Waals surface area contributed by atoms with Gasteiger partial charge in [0.25, 0.3) is 0 Å². The molecule has 1 aliphatic carbocycles. The van der Waals surface area contributed by atoms with E-state index >= 15 is 0 Å². The van der Waals surface area contributed by atoms with E-state index in [0.29, 0.717) is 6.04 Å². The maximum atomic E-state index is 3.67. The van der Waals surface area contributed by atoms with Crippen LogP contribution >= 0.6 is 11.3 Å². The first kappa shape index (κ1) is 16.0. The summed E-state index contributed by atoms with van der Waals surface area (Å²) in [5.74, 6) is 0.824. The highest BCUT2D eigenvalue weighted by Crippen LogP contribution is 2.33. The van der Waals surface area contributed by atoms with Crippen molar-refractivity contribution >= 4 is 11.3 Å². The normalized spacial score (nSPS) is 24.7. The number of thiophene rings is 1. The van der Waals surface area contributed by atoms with Crippen LogP contribution in [0.4, 0.5) is 0 Å². The van der Waals surface area contributed by atoms with E-state index in [4.69, 9.17) is 0 Å². The molecule has 0 radical (unpaired) electrons. The van der Waals surface area contributed by atoms with Gasteiger partial charge in [-0.15, -0.1) is 11.3 Å². The van der Waals surface area contributed by atoms with Gasteiger partial charge < -0.3 is 10.2 Å². The molecule has 20 heavy (non-hydrogen) atoms. The van der Waals surface area contributed by atoms with Crippen molar-refractivity contribution in [1.29, 1.82) is 0 Å². The minimum absolute atomic E-state index is 0.237. The molecular weight excluding hydrogens is 264 g/mol. The first-order valence-electron chi connectivity index (χ1n) is 7.86. The fraction of sp³-hybridized carbons (Fsp3) is 0.765. The first-order valence-corrected chi connectivity index (χ1v) is 8.74. The summed E-state index contributed by atoms with van der Waals surface area (Å²) in [6, 6.07) is 5.82. The zero-order valence-electron chi connectivity index (χ0n) is 13.6. The Hall–Kier alpha value is -0.380. The van der Waals surface area contributed by atoms with Crippen LogP contribution in [0.5, 0.6) is 0 Å². The van der Waals surface area contributed by atoms with E-state index in [1.807, 2.05) is 11.3 Å². The van der Waals surface area contributed by atoms with Gasteiger partial charge in [-0.05, 0) is 77.9 Å². The predicted molar refractivity (Wildman–Crippen MR) is 89.5 cm³/mol. The van der Waals surface area contributed by atoms with Crippen LogP contribution in [-0.4, -0.2) is 36.1 Å². The van der Waals surface area contributed by atoms with Crippen LogP contribution in [0.25, 0.3) is 0 Å². The first-order chi connectivity index (χ1) is 9.37. The van der Waals surface area contributed by atoms with Crippen LogP contribution in [0.15, 0.2) is 17.5 Å². The summed E-state index contributed by atoms with van der Waals surface area (Å²) in [4.78, 5) is 4.12. The fourth-order valence-electron chi connectivity index (χ4n) is 2.95. The largest absolute Gasteiger partial charge is 0.312 e. The summed E-state index contributed by atoms with van der Waals surface area (Å²) >= 11 is 1.88. The number of nitrogens with one attached hydrogen (secondary N) is 1. The van der Waals surface area contributed by atoms with Gasteiger partial charge in [0.05, 0.1) is 0 Å². The van der Waals surface area contributed by atoms with Crippen LogP contribution in [0, 0.1) is 5.92 Å². The second-order valence-electron chi connectivity index (χ2n) is 7.33. The fourth-order valence-corrected chi connectivity index (χ4v) is 3.78. The third-order valence-electron chi connectivity index (χ3n) is 4.57. The molecule has 1 aliphatic rings. The van der Waals surface area contributed by atoms with Gasteiger partial charge in [0, 0.05) is 22.5 Å². The van der Waals surface area contributed by atoms with Crippen molar-refractivity contribution in [2.45, 2.75) is 64.6 Å². The van der Waals surface area contributed by atoms with Crippen molar-refractivity contribution in [3.63, 3.8) is 0 Å². The van der Waals surface area contributed by atoms with E-state index in [1.54, 1.807) is 0 Å². The monoisotopic (exact) mass is 294 g/mol. The molecule has 114 valence electrons. The number of hydrogen-bond donors (Lipinski definition) is 1. The molecule has 1 saturated carbocycles. The lowest BCUT2D eigenvalue weighted by Crippen LogP contribution is -2.54. The molecule has 2 rings (SSSR count). The van der Waals surface area contributed by atoms with Crippen LogP contribution in [0.3, 0.4) is 0 Å². The second-order valence-corrected chi connectivity index (χ2v) is 8.37. The molecule has 3 heteroatoms. The van der Waals surface area contributed by atoms with Gasteiger partial charge in [-0.1, -0.05) is 6.07 Å². The summed E-state index contributed by atoms with van der Waals surface area (Å²) in [6.07, 6.45) is 3.93. The third kappa shape index (κ3) is 4.31. The van der Waals surface area contributed by atoms with Gasteiger partial charge in [0.2, 0.25) is 0 Å². The molecular formula is C17H30N2S. The SMILES string of the molecule is CC(Cc1cccs1)N(C)C1CCC1CNC(C)(C)C. The van der Waals surface area contributed by atoms with Crippen molar-refractivity contribution in [3.05, 3.63) is 22.4 Å². The Balaban J connectivity index is 1.81.